The maximum atomic E-state index is 11.5. The molecule has 0 bridgehead atoms. The van der Waals surface area contributed by atoms with E-state index in [-0.39, 0.29) is 18.4 Å². The molecular weight excluding hydrogens is 302 g/mol. The Morgan fingerprint density at radius 3 is 2.04 bits per heavy atom. The van der Waals surface area contributed by atoms with Gasteiger partial charge in [0.2, 0.25) is 5.91 Å². The lowest BCUT2D eigenvalue weighted by Gasteiger charge is -2.03. The van der Waals surface area contributed by atoms with Crippen LogP contribution in [0.5, 0.6) is 0 Å². The van der Waals surface area contributed by atoms with E-state index in [1.165, 1.54) is 57.8 Å². The van der Waals surface area contributed by atoms with Gasteiger partial charge < -0.3 is 10.1 Å². The summed E-state index contributed by atoms with van der Waals surface area (Å²) in [5, 5.41) is 2.56. The number of esters is 1. The summed E-state index contributed by atoms with van der Waals surface area (Å²) in [6.45, 7) is 4.31. The van der Waals surface area contributed by atoms with Crippen LogP contribution in [0.15, 0.2) is 12.2 Å². The van der Waals surface area contributed by atoms with Crippen molar-refractivity contribution in [3.05, 3.63) is 12.2 Å². The van der Waals surface area contributed by atoms with Crippen LogP contribution in [0, 0.1) is 0 Å². The van der Waals surface area contributed by atoms with E-state index in [0.29, 0.717) is 13.0 Å². The predicted molar refractivity (Wildman–Crippen MR) is 99.9 cm³/mol. The summed E-state index contributed by atoms with van der Waals surface area (Å²) in [7, 11) is 0. The second-order valence-electron chi connectivity index (χ2n) is 6.21. The predicted octanol–water partition coefficient (Wildman–Crippen LogP) is 4.92. The zero-order valence-corrected chi connectivity index (χ0v) is 15.8. The molecule has 0 aromatic rings. The molecule has 140 valence electrons. The summed E-state index contributed by atoms with van der Waals surface area (Å²) < 4.78 is 4.75. The van der Waals surface area contributed by atoms with Crippen molar-refractivity contribution in [2.45, 2.75) is 90.9 Å². The minimum absolute atomic E-state index is 0.0329. The Morgan fingerprint density at radius 1 is 0.833 bits per heavy atom. The molecule has 0 radical (unpaired) electrons. The van der Waals surface area contributed by atoms with Crippen molar-refractivity contribution in [3.63, 3.8) is 0 Å². The Kier molecular flexibility index (Phi) is 17.0. The van der Waals surface area contributed by atoms with Crippen molar-refractivity contribution < 1.29 is 14.3 Å². The molecule has 0 aliphatic carbocycles. The first-order valence-corrected chi connectivity index (χ1v) is 9.78. The first-order valence-electron chi connectivity index (χ1n) is 9.78. The van der Waals surface area contributed by atoms with Gasteiger partial charge in [0.1, 0.15) is 6.54 Å². The van der Waals surface area contributed by atoms with Gasteiger partial charge in [-0.25, -0.2) is 0 Å². The highest BCUT2D eigenvalue weighted by molar-refractivity contribution is 5.81. The van der Waals surface area contributed by atoms with Crippen LogP contribution >= 0.6 is 0 Å². The Hall–Kier alpha value is -1.32. The number of hydrogen-bond donors (Lipinski definition) is 1. The fourth-order valence-electron chi connectivity index (χ4n) is 2.49. The summed E-state index contributed by atoms with van der Waals surface area (Å²) in [6, 6.07) is 0. The van der Waals surface area contributed by atoms with Crippen molar-refractivity contribution in [1.82, 2.24) is 5.32 Å². The highest BCUT2D eigenvalue weighted by Crippen LogP contribution is 2.10. The number of ether oxygens (including phenoxy) is 1. The number of nitrogens with one attached hydrogen (secondary N) is 1. The first kappa shape index (κ1) is 22.7. The number of carbonyl (C=O) groups is 2. The Balaban J connectivity index is 3.31. The molecule has 4 nitrogen and oxygen atoms in total. The average molecular weight is 340 g/mol. The molecule has 24 heavy (non-hydrogen) atoms. The average Bonchev–Trinajstić information content (AvgIpc) is 2.57. The third-order valence-electron chi connectivity index (χ3n) is 3.91. The molecule has 0 unspecified atom stereocenters. The highest BCUT2D eigenvalue weighted by atomic mass is 16.5. The summed E-state index contributed by atoms with van der Waals surface area (Å²) in [5.41, 5.74) is 0. The van der Waals surface area contributed by atoms with Gasteiger partial charge in [0.05, 0.1) is 6.61 Å². The lowest BCUT2D eigenvalue weighted by Crippen LogP contribution is -2.30. The fourth-order valence-corrected chi connectivity index (χ4v) is 2.49. The van der Waals surface area contributed by atoms with Gasteiger partial charge in [0.15, 0.2) is 0 Å². The van der Waals surface area contributed by atoms with Gasteiger partial charge in [0, 0.05) is 6.42 Å². The normalized spacial score (nSPS) is 10.9. The van der Waals surface area contributed by atoms with Crippen molar-refractivity contribution in [2.75, 3.05) is 13.2 Å². The van der Waals surface area contributed by atoms with Crippen LogP contribution in [0.4, 0.5) is 0 Å². The number of unbranched alkanes of at least 4 members (excludes halogenated alkanes) is 9. The summed E-state index contributed by atoms with van der Waals surface area (Å²) in [5.74, 6) is -0.484. The molecule has 1 N–H and O–H groups in total. The number of carbonyl (C=O) groups excluding carboxylic acids is 2. The molecule has 0 aliphatic rings. The molecule has 0 atom stereocenters. The largest absolute Gasteiger partial charge is 0.465 e. The van der Waals surface area contributed by atoms with Crippen LogP contribution in [0.1, 0.15) is 90.9 Å². The molecule has 0 spiro atoms. The maximum absolute atomic E-state index is 11.5. The molecule has 0 aromatic heterocycles. The number of rotatable bonds is 16. The molecule has 4 heteroatoms. The lowest BCUT2D eigenvalue weighted by atomic mass is 10.1. The second kappa shape index (κ2) is 18.0. The zero-order chi connectivity index (χ0) is 17.9. The van der Waals surface area contributed by atoms with Crippen molar-refractivity contribution >= 4 is 11.9 Å². The molecule has 0 fully saturated rings. The SMILES string of the molecule is CCCCCCCCCCC/C=C\CCC(=O)NCC(=O)OCC. The van der Waals surface area contributed by atoms with Crippen molar-refractivity contribution in [2.24, 2.45) is 0 Å². The van der Waals surface area contributed by atoms with Gasteiger partial charge in [-0.05, 0) is 26.2 Å². The third kappa shape index (κ3) is 17.0. The molecule has 1 amide bonds. The summed E-state index contributed by atoms with van der Waals surface area (Å²) in [4.78, 5) is 22.6. The number of allylic oxidation sites excluding steroid dienone is 2. The molecule has 0 heterocycles. The maximum Gasteiger partial charge on any atom is 0.325 e. The van der Waals surface area contributed by atoms with E-state index in [1.54, 1.807) is 6.92 Å². The molecule has 0 aromatic carbocycles. The second-order valence-corrected chi connectivity index (χ2v) is 6.21. The Labute approximate surface area is 148 Å². The highest BCUT2D eigenvalue weighted by Gasteiger charge is 2.04. The van der Waals surface area contributed by atoms with E-state index in [0.717, 1.165) is 12.8 Å². The fraction of sp³-hybridized carbons (Fsp3) is 0.800. The zero-order valence-electron chi connectivity index (χ0n) is 15.8. The lowest BCUT2D eigenvalue weighted by molar-refractivity contribution is -0.143. The minimum atomic E-state index is -0.383. The van der Waals surface area contributed by atoms with E-state index in [1.807, 2.05) is 0 Å². The van der Waals surface area contributed by atoms with E-state index >= 15 is 0 Å². The van der Waals surface area contributed by atoms with E-state index in [4.69, 9.17) is 4.74 Å². The van der Waals surface area contributed by atoms with Crippen LogP contribution < -0.4 is 5.32 Å². The Bertz CT molecular complexity index is 340. The van der Waals surface area contributed by atoms with Gasteiger partial charge in [-0.15, -0.1) is 0 Å². The summed E-state index contributed by atoms with van der Waals surface area (Å²) in [6.07, 6.45) is 18.6. The van der Waals surface area contributed by atoms with Crippen LogP contribution in [-0.2, 0) is 14.3 Å². The molecule has 0 rings (SSSR count). The van der Waals surface area contributed by atoms with Gasteiger partial charge in [-0.2, -0.15) is 0 Å². The quantitative estimate of drug-likeness (QED) is 0.247. The monoisotopic (exact) mass is 339 g/mol. The van der Waals surface area contributed by atoms with E-state index in [2.05, 4.69) is 24.4 Å². The third-order valence-corrected chi connectivity index (χ3v) is 3.91. The minimum Gasteiger partial charge on any atom is -0.465 e. The van der Waals surface area contributed by atoms with Crippen LogP contribution in [-0.4, -0.2) is 25.0 Å². The number of hydrogen-bond acceptors (Lipinski definition) is 3. The van der Waals surface area contributed by atoms with E-state index in [9.17, 15) is 9.59 Å². The Morgan fingerprint density at radius 2 is 1.42 bits per heavy atom. The molecule has 0 saturated heterocycles. The van der Waals surface area contributed by atoms with Crippen molar-refractivity contribution in [1.29, 1.82) is 0 Å². The van der Waals surface area contributed by atoms with Gasteiger partial charge >= 0.3 is 5.97 Å². The van der Waals surface area contributed by atoms with Gasteiger partial charge in [0.25, 0.3) is 0 Å². The van der Waals surface area contributed by atoms with Crippen molar-refractivity contribution in [3.8, 4) is 0 Å². The van der Waals surface area contributed by atoms with Crippen LogP contribution in [0.2, 0.25) is 0 Å². The number of amides is 1. The summed E-state index contributed by atoms with van der Waals surface area (Å²) >= 11 is 0. The molecule has 0 aliphatic heterocycles. The smallest absolute Gasteiger partial charge is 0.325 e. The standard InChI is InChI=1S/C20H37NO3/c1-3-5-6-7-8-9-10-11-12-13-14-15-16-17-19(22)21-18-20(23)24-4-2/h14-15H,3-13,16-18H2,1-2H3,(H,21,22)/b15-14-. The first-order chi connectivity index (χ1) is 11.7. The van der Waals surface area contributed by atoms with Gasteiger partial charge in [-0.1, -0.05) is 70.4 Å². The van der Waals surface area contributed by atoms with Crippen LogP contribution in [0.3, 0.4) is 0 Å². The van der Waals surface area contributed by atoms with Crippen LogP contribution in [0.25, 0.3) is 0 Å². The molecular formula is C20H37NO3. The van der Waals surface area contributed by atoms with Gasteiger partial charge in [-0.3, -0.25) is 9.59 Å². The van der Waals surface area contributed by atoms with E-state index < -0.39 is 0 Å². The topological polar surface area (TPSA) is 55.4 Å². The molecule has 0 saturated carbocycles.